The molecule has 0 heterocycles. The number of hydrogen-bond donors (Lipinski definition) is 3. The molecule has 0 saturated heterocycles. The van der Waals surface area contributed by atoms with Crippen LogP contribution in [0.2, 0.25) is 0 Å². The number of aliphatic hydroxyl groups excluding tert-OH is 1. The van der Waals surface area contributed by atoms with Crippen molar-refractivity contribution in [2.45, 2.75) is 44.1 Å². The van der Waals surface area contributed by atoms with E-state index in [1.54, 1.807) is 20.8 Å². The molecule has 4 N–H and O–H groups in total. The monoisotopic (exact) mass is 221 g/mol. The summed E-state index contributed by atoms with van der Waals surface area (Å²) in [6, 6.07) is -0.874. The Morgan fingerprint density at radius 3 is 2.43 bits per heavy atom. The van der Waals surface area contributed by atoms with Crippen LogP contribution in [-0.4, -0.2) is 38.8 Å². The van der Waals surface area contributed by atoms with Gasteiger partial charge >= 0.3 is 5.97 Å². The fourth-order valence-electron chi connectivity index (χ4n) is 0.880. The lowest BCUT2D eigenvalue weighted by Gasteiger charge is -2.28. The lowest BCUT2D eigenvalue weighted by Crippen LogP contribution is -2.46. The molecule has 0 aliphatic heterocycles. The predicted molar refractivity (Wildman–Crippen MR) is 58.4 cm³/mol. The van der Waals surface area contributed by atoms with Crippen LogP contribution in [0.5, 0.6) is 0 Å². The maximum Gasteiger partial charge on any atom is 0.321 e. The first kappa shape index (κ1) is 13.7. The Bertz CT molecular complexity index is 194. The van der Waals surface area contributed by atoms with E-state index < -0.39 is 16.8 Å². The molecule has 1 unspecified atom stereocenters. The highest BCUT2D eigenvalue weighted by Crippen LogP contribution is 2.28. The smallest absolute Gasteiger partial charge is 0.321 e. The number of carbonyl (C=O) groups is 1. The number of carboxylic acids is 1. The van der Waals surface area contributed by atoms with Crippen molar-refractivity contribution in [3.63, 3.8) is 0 Å². The zero-order chi connectivity index (χ0) is 11.4. The van der Waals surface area contributed by atoms with Gasteiger partial charge in [-0.2, -0.15) is 11.8 Å². The van der Waals surface area contributed by atoms with Gasteiger partial charge in [0, 0.05) is 4.75 Å². The number of thioether (sulfide) groups is 1. The lowest BCUT2D eigenvalue weighted by molar-refractivity contribution is -0.139. The van der Waals surface area contributed by atoms with Gasteiger partial charge in [0.15, 0.2) is 0 Å². The molecular weight excluding hydrogens is 202 g/mol. The Hall–Kier alpha value is -0.260. The third-order valence-electron chi connectivity index (χ3n) is 2.02. The van der Waals surface area contributed by atoms with Gasteiger partial charge in [0.05, 0.1) is 6.10 Å². The Labute approximate surface area is 88.9 Å². The van der Waals surface area contributed by atoms with Crippen molar-refractivity contribution in [1.29, 1.82) is 0 Å². The number of aliphatic hydroxyl groups is 1. The van der Waals surface area contributed by atoms with Gasteiger partial charge in [-0.1, -0.05) is 0 Å². The number of rotatable bonds is 6. The molecule has 0 aromatic heterocycles. The highest BCUT2D eigenvalue weighted by molar-refractivity contribution is 8.00. The van der Waals surface area contributed by atoms with E-state index in [1.165, 1.54) is 11.8 Å². The molecule has 0 aliphatic rings. The second-order valence-corrected chi connectivity index (χ2v) is 5.65. The number of nitrogens with two attached hydrogens (primary N) is 1. The molecule has 0 saturated carbocycles. The molecule has 84 valence electrons. The van der Waals surface area contributed by atoms with Gasteiger partial charge < -0.3 is 15.9 Å². The average Bonchev–Trinajstić information content (AvgIpc) is 2.01. The number of aliphatic carboxylic acids is 1. The van der Waals surface area contributed by atoms with E-state index in [4.69, 9.17) is 15.9 Å². The second kappa shape index (κ2) is 5.58. The van der Waals surface area contributed by atoms with Crippen molar-refractivity contribution >= 4 is 17.7 Å². The first-order chi connectivity index (χ1) is 6.27. The van der Waals surface area contributed by atoms with Crippen LogP contribution in [0.25, 0.3) is 0 Å². The van der Waals surface area contributed by atoms with Gasteiger partial charge in [-0.3, -0.25) is 4.79 Å². The molecule has 2 atom stereocenters. The number of hydrogen-bond acceptors (Lipinski definition) is 4. The molecule has 0 fully saturated rings. The first-order valence-corrected chi connectivity index (χ1v) is 5.56. The van der Waals surface area contributed by atoms with E-state index in [0.29, 0.717) is 12.2 Å². The van der Waals surface area contributed by atoms with Crippen LogP contribution < -0.4 is 5.73 Å². The van der Waals surface area contributed by atoms with Crippen molar-refractivity contribution in [3.8, 4) is 0 Å². The van der Waals surface area contributed by atoms with Crippen molar-refractivity contribution in [2.75, 3.05) is 5.75 Å². The summed E-state index contributed by atoms with van der Waals surface area (Å²) in [6.07, 6.45) is 0.305. The summed E-state index contributed by atoms with van der Waals surface area (Å²) >= 11 is 1.48. The summed E-state index contributed by atoms with van der Waals surface area (Å²) in [5.41, 5.74) is 5.53. The molecule has 0 amide bonds. The van der Waals surface area contributed by atoms with Gasteiger partial charge in [0.25, 0.3) is 0 Å². The zero-order valence-corrected chi connectivity index (χ0v) is 9.67. The van der Waals surface area contributed by atoms with Crippen LogP contribution in [0.4, 0.5) is 0 Å². The summed E-state index contributed by atoms with van der Waals surface area (Å²) in [4.78, 5) is 10.7. The molecule has 4 nitrogen and oxygen atoms in total. The minimum Gasteiger partial charge on any atom is -0.480 e. The minimum absolute atomic E-state index is 0.348. The summed E-state index contributed by atoms with van der Waals surface area (Å²) in [5, 5.41) is 17.8. The molecular formula is C9H19NO3S. The average molecular weight is 221 g/mol. The highest BCUT2D eigenvalue weighted by atomic mass is 32.2. The van der Waals surface area contributed by atoms with Crippen LogP contribution in [-0.2, 0) is 4.79 Å². The first-order valence-electron chi connectivity index (χ1n) is 4.58. The quantitative estimate of drug-likeness (QED) is 0.614. The molecule has 5 heteroatoms. The van der Waals surface area contributed by atoms with E-state index >= 15 is 0 Å². The lowest BCUT2D eigenvalue weighted by atomic mass is 10.1. The van der Waals surface area contributed by atoms with Crippen molar-refractivity contribution in [2.24, 2.45) is 5.73 Å². The maximum atomic E-state index is 10.7. The summed E-state index contributed by atoms with van der Waals surface area (Å²) in [5.74, 6) is -0.273. The van der Waals surface area contributed by atoms with E-state index in [-0.39, 0.29) is 6.10 Å². The Balaban J connectivity index is 4.00. The van der Waals surface area contributed by atoms with Crippen LogP contribution in [0.3, 0.4) is 0 Å². The molecule has 0 aromatic carbocycles. The molecule has 0 aromatic rings. The zero-order valence-electron chi connectivity index (χ0n) is 8.86. The Morgan fingerprint density at radius 1 is 1.57 bits per heavy atom. The summed E-state index contributed by atoms with van der Waals surface area (Å²) in [6.45, 7) is 5.32. The van der Waals surface area contributed by atoms with Crippen molar-refractivity contribution in [3.05, 3.63) is 0 Å². The number of carboxylic acid groups (broad SMARTS) is 1. The maximum absolute atomic E-state index is 10.7. The normalized spacial score (nSPS) is 16.4. The molecule has 0 bridgehead atoms. The van der Waals surface area contributed by atoms with Crippen LogP contribution >= 0.6 is 11.8 Å². The van der Waals surface area contributed by atoms with Crippen molar-refractivity contribution < 1.29 is 15.0 Å². The van der Waals surface area contributed by atoms with Crippen LogP contribution in [0, 0.1) is 0 Å². The van der Waals surface area contributed by atoms with Crippen LogP contribution in [0.15, 0.2) is 0 Å². The summed E-state index contributed by atoms with van der Waals surface area (Å²) in [7, 11) is 0. The van der Waals surface area contributed by atoms with E-state index in [0.717, 1.165) is 0 Å². The largest absolute Gasteiger partial charge is 0.480 e. The Morgan fingerprint density at radius 2 is 2.07 bits per heavy atom. The summed E-state index contributed by atoms with van der Waals surface area (Å²) < 4.78 is -0.499. The van der Waals surface area contributed by atoms with E-state index in [2.05, 4.69) is 0 Å². The fourth-order valence-corrected chi connectivity index (χ4v) is 2.15. The van der Waals surface area contributed by atoms with Crippen molar-refractivity contribution in [1.82, 2.24) is 0 Å². The van der Waals surface area contributed by atoms with Gasteiger partial charge in [0.2, 0.25) is 0 Å². The topological polar surface area (TPSA) is 83.5 Å². The molecule has 0 radical (unpaired) electrons. The third kappa shape index (κ3) is 4.83. The van der Waals surface area contributed by atoms with Gasteiger partial charge in [-0.05, 0) is 32.9 Å². The predicted octanol–water partition coefficient (Wildman–Crippen LogP) is 0.681. The van der Waals surface area contributed by atoms with Gasteiger partial charge in [0.1, 0.15) is 6.04 Å². The molecule has 14 heavy (non-hydrogen) atoms. The van der Waals surface area contributed by atoms with Gasteiger partial charge in [-0.25, -0.2) is 0 Å². The third-order valence-corrected chi connectivity index (χ3v) is 3.46. The fraction of sp³-hybridized carbons (Fsp3) is 0.889. The SMILES string of the molecule is CC(O)CCSC(C)(C)[C@@H](N)C(=O)O. The molecule has 0 aliphatic carbocycles. The minimum atomic E-state index is -0.987. The van der Waals surface area contributed by atoms with E-state index in [1.807, 2.05) is 0 Å². The Kier molecular flexibility index (Phi) is 5.48. The molecule has 0 spiro atoms. The molecule has 0 rings (SSSR count). The van der Waals surface area contributed by atoms with Gasteiger partial charge in [-0.15, -0.1) is 0 Å². The highest BCUT2D eigenvalue weighted by Gasteiger charge is 2.32. The van der Waals surface area contributed by atoms with E-state index in [9.17, 15) is 4.79 Å². The standard InChI is InChI=1S/C9H19NO3S/c1-6(11)4-5-14-9(2,3)7(10)8(12)13/h6-7,11H,4-5,10H2,1-3H3,(H,12,13)/t6?,7-/m0/s1. The van der Waals surface area contributed by atoms with Crippen LogP contribution in [0.1, 0.15) is 27.2 Å². The second-order valence-electron chi connectivity index (χ2n) is 3.91.